The van der Waals surface area contributed by atoms with Gasteiger partial charge in [-0.15, -0.1) is 0 Å². The number of hydrogen-bond acceptors (Lipinski definition) is 2. The van der Waals surface area contributed by atoms with Crippen LogP contribution in [0.15, 0.2) is 36.7 Å². The Bertz CT molecular complexity index is 691. The number of imidazole rings is 1. The van der Waals surface area contributed by atoms with E-state index >= 15 is 0 Å². The number of carbonyl (C=O) groups is 1. The largest absolute Gasteiger partial charge is 0.351 e. The van der Waals surface area contributed by atoms with E-state index in [4.69, 9.17) is 0 Å². The molecule has 4 nitrogen and oxygen atoms in total. The molecular weight excluding hydrogens is 274 g/mol. The zero-order valence-electron chi connectivity index (χ0n) is 12.7. The Morgan fingerprint density at radius 2 is 2.14 bits per heavy atom. The van der Waals surface area contributed by atoms with Crippen molar-refractivity contribution in [2.24, 2.45) is 0 Å². The fourth-order valence-electron chi connectivity index (χ4n) is 3.81. The molecule has 1 aliphatic heterocycles. The first-order valence-corrected chi connectivity index (χ1v) is 8.19. The van der Waals surface area contributed by atoms with Gasteiger partial charge in [0.25, 0.3) is 0 Å². The number of aromatic nitrogens is 2. The molecule has 1 aromatic carbocycles. The minimum atomic E-state index is 0.0223. The number of hydrogen-bond donors (Lipinski definition) is 1. The Labute approximate surface area is 130 Å². The Kier molecular flexibility index (Phi) is 3.45. The van der Waals surface area contributed by atoms with Gasteiger partial charge in [0.2, 0.25) is 5.91 Å². The predicted molar refractivity (Wildman–Crippen MR) is 84.6 cm³/mol. The van der Waals surface area contributed by atoms with Crippen LogP contribution in [0.3, 0.4) is 0 Å². The van der Waals surface area contributed by atoms with Crippen LogP contribution in [-0.4, -0.2) is 21.5 Å². The van der Waals surface area contributed by atoms with Gasteiger partial charge >= 0.3 is 0 Å². The van der Waals surface area contributed by atoms with E-state index in [-0.39, 0.29) is 17.9 Å². The summed E-state index contributed by atoms with van der Waals surface area (Å²) in [6.45, 7) is 0.843. The first kappa shape index (κ1) is 13.6. The van der Waals surface area contributed by atoms with E-state index in [1.165, 1.54) is 11.1 Å². The molecule has 1 N–H and O–H groups in total. The summed E-state index contributed by atoms with van der Waals surface area (Å²) in [6.07, 6.45) is 8.94. The lowest BCUT2D eigenvalue weighted by Crippen LogP contribution is -2.43. The van der Waals surface area contributed by atoms with Gasteiger partial charge < -0.3 is 9.88 Å². The van der Waals surface area contributed by atoms with Gasteiger partial charge in [-0.3, -0.25) is 4.79 Å². The third kappa shape index (κ3) is 2.43. The lowest BCUT2D eigenvalue weighted by molar-refractivity contribution is -0.123. The molecule has 0 saturated heterocycles. The molecule has 0 spiro atoms. The van der Waals surface area contributed by atoms with Crippen molar-refractivity contribution in [3.63, 3.8) is 0 Å². The summed E-state index contributed by atoms with van der Waals surface area (Å²) in [5.41, 5.74) is 2.57. The van der Waals surface area contributed by atoms with Crippen LogP contribution in [0.5, 0.6) is 0 Å². The van der Waals surface area contributed by atoms with Gasteiger partial charge in [0.05, 0.1) is 5.92 Å². The average molecular weight is 295 g/mol. The molecule has 2 heterocycles. The SMILES string of the molecule is O=C(N[C@H]1CCc2nccn2C1)[C@H]1CCCc2ccccc21. The molecule has 114 valence electrons. The molecular formula is C18H21N3O. The molecule has 2 aliphatic rings. The summed E-state index contributed by atoms with van der Waals surface area (Å²) in [4.78, 5) is 17.1. The van der Waals surface area contributed by atoms with Gasteiger partial charge in [0.1, 0.15) is 5.82 Å². The number of rotatable bonds is 2. The molecule has 4 heteroatoms. The topological polar surface area (TPSA) is 46.9 Å². The molecule has 0 unspecified atom stereocenters. The second kappa shape index (κ2) is 5.59. The van der Waals surface area contributed by atoms with E-state index < -0.39 is 0 Å². The number of carbonyl (C=O) groups excluding carboxylic acids is 1. The van der Waals surface area contributed by atoms with Gasteiger partial charge in [-0.25, -0.2) is 4.98 Å². The van der Waals surface area contributed by atoms with Crippen LogP contribution in [-0.2, 0) is 24.2 Å². The Morgan fingerprint density at radius 3 is 3.09 bits per heavy atom. The van der Waals surface area contributed by atoms with Crippen LogP contribution >= 0.6 is 0 Å². The van der Waals surface area contributed by atoms with Crippen molar-refractivity contribution < 1.29 is 4.79 Å². The number of aryl methyl sites for hydroxylation is 2. The van der Waals surface area contributed by atoms with E-state index in [1.807, 2.05) is 18.5 Å². The van der Waals surface area contributed by atoms with E-state index in [2.05, 4.69) is 33.1 Å². The highest BCUT2D eigenvalue weighted by Crippen LogP contribution is 2.31. The van der Waals surface area contributed by atoms with Crippen LogP contribution in [0.1, 0.15) is 42.1 Å². The second-order valence-corrected chi connectivity index (χ2v) is 6.38. The minimum absolute atomic E-state index is 0.0223. The summed E-state index contributed by atoms with van der Waals surface area (Å²) in [5, 5.41) is 3.27. The molecule has 1 aliphatic carbocycles. The van der Waals surface area contributed by atoms with Crippen LogP contribution in [0.2, 0.25) is 0 Å². The smallest absolute Gasteiger partial charge is 0.227 e. The zero-order chi connectivity index (χ0) is 14.9. The molecule has 0 saturated carbocycles. The fourth-order valence-corrected chi connectivity index (χ4v) is 3.81. The van der Waals surface area contributed by atoms with Gasteiger partial charge in [0.15, 0.2) is 0 Å². The normalized spacial score (nSPS) is 23.5. The molecule has 1 amide bonds. The van der Waals surface area contributed by atoms with Crippen LogP contribution < -0.4 is 5.32 Å². The maximum atomic E-state index is 12.7. The van der Waals surface area contributed by atoms with Crippen molar-refractivity contribution >= 4 is 5.91 Å². The maximum Gasteiger partial charge on any atom is 0.227 e. The summed E-state index contributed by atoms with van der Waals surface area (Å²) in [5.74, 6) is 1.35. The van der Waals surface area contributed by atoms with Crippen molar-refractivity contribution in [2.45, 2.75) is 50.6 Å². The first-order valence-electron chi connectivity index (χ1n) is 8.19. The molecule has 0 bridgehead atoms. The highest BCUT2D eigenvalue weighted by Gasteiger charge is 2.28. The standard InChI is InChI=1S/C18H21N3O/c22-18(16-7-3-5-13-4-1-2-6-15(13)16)20-14-8-9-17-19-10-11-21(17)12-14/h1-2,4,6,10-11,14,16H,3,5,7-9,12H2,(H,20,22)/t14-,16-/m0/s1. The van der Waals surface area contributed by atoms with E-state index in [0.29, 0.717) is 0 Å². The number of fused-ring (bicyclic) bond motifs is 2. The van der Waals surface area contributed by atoms with Crippen molar-refractivity contribution in [3.8, 4) is 0 Å². The molecule has 0 fully saturated rings. The average Bonchev–Trinajstić information content (AvgIpc) is 3.02. The molecule has 4 rings (SSSR count). The molecule has 2 atom stereocenters. The first-order chi connectivity index (χ1) is 10.8. The van der Waals surface area contributed by atoms with Crippen LogP contribution in [0.25, 0.3) is 0 Å². The van der Waals surface area contributed by atoms with Crippen molar-refractivity contribution in [1.82, 2.24) is 14.9 Å². The highest BCUT2D eigenvalue weighted by molar-refractivity contribution is 5.84. The van der Waals surface area contributed by atoms with E-state index in [0.717, 1.165) is 44.5 Å². The van der Waals surface area contributed by atoms with Crippen molar-refractivity contribution in [2.75, 3.05) is 0 Å². The molecule has 0 radical (unpaired) electrons. The Hall–Kier alpha value is -2.10. The lowest BCUT2D eigenvalue weighted by Gasteiger charge is -2.29. The summed E-state index contributed by atoms with van der Waals surface area (Å²) in [7, 11) is 0. The number of nitrogens with one attached hydrogen (secondary N) is 1. The highest BCUT2D eigenvalue weighted by atomic mass is 16.1. The zero-order valence-corrected chi connectivity index (χ0v) is 12.7. The summed E-state index contributed by atoms with van der Waals surface area (Å²) in [6, 6.07) is 8.62. The monoisotopic (exact) mass is 295 g/mol. The van der Waals surface area contributed by atoms with Crippen LogP contribution in [0.4, 0.5) is 0 Å². The number of nitrogens with zero attached hydrogens (tertiary/aromatic N) is 2. The fraction of sp³-hybridized carbons (Fsp3) is 0.444. The maximum absolute atomic E-state index is 12.7. The Balaban J connectivity index is 1.47. The summed E-state index contributed by atoms with van der Waals surface area (Å²) >= 11 is 0. The third-order valence-electron chi connectivity index (χ3n) is 4.97. The third-order valence-corrected chi connectivity index (χ3v) is 4.97. The summed E-state index contributed by atoms with van der Waals surface area (Å²) < 4.78 is 2.16. The molecule has 1 aromatic heterocycles. The van der Waals surface area contributed by atoms with E-state index in [1.54, 1.807) is 0 Å². The minimum Gasteiger partial charge on any atom is -0.351 e. The van der Waals surface area contributed by atoms with Gasteiger partial charge in [-0.2, -0.15) is 0 Å². The van der Waals surface area contributed by atoms with Crippen molar-refractivity contribution in [3.05, 3.63) is 53.6 Å². The Morgan fingerprint density at radius 1 is 1.23 bits per heavy atom. The molecule has 22 heavy (non-hydrogen) atoms. The lowest BCUT2D eigenvalue weighted by atomic mass is 9.82. The van der Waals surface area contributed by atoms with Crippen LogP contribution in [0, 0.1) is 0 Å². The number of benzene rings is 1. The quantitative estimate of drug-likeness (QED) is 0.925. The number of amides is 1. The predicted octanol–water partition coefficient (Wildman–Crippen LogP) is 2.43. The second-order valence-electron chi connectivity index (χ2n) is 6.38. The van der Waals surface area contributed by atoms with Gasteiger partial charge in [0, 0.05) is 31.4 Å². The van der Waals surface area contributed by atoms with E-state index in [9.17, 15) is 4.79 Å². The molecule has 2 aromatic rings. The van der Waals surface area contributed by atoms with Gasteiger partial charge in [-0.1, -0.05) is 24.3 Å². The van der Waals surface area contributed by atoms with Gasteiger partial charge in [-0.05, 0) is 36.8 Å². The van der Waals surface area contributed by atoms with Crippen molar-refractivity contribution in [1.29, 1.82) is 0 Å².